The van der Waals surface area contributed by atoms with Crippen molar-refractivity contribution >= 4 is 33.3 Å². The first-order valence-electron chi connectivity index (χ1n) is 9.44. The fourth-order valence-electron chi connectivity index (χ4n) is 3.17. The van der Waals surface area contributed by atoms with E-state index < -0.39 is 0 Å². The number of aromatic nitrogens is 3. The molecule has 0 aliphatic carbocycles. The van der Waals surface area contributed by atoms with Crippen molar-refractivity contribution in [2.75, 3.05) is 11.9 Å². The van der Waals surface area contributed by atoms with Gasteiger partial charge in [0.1, 0.15) is 17.1 Å². The number of benzene rings is 2. The van der Waals surface area contributed by atoms with Gasteiger partial charge in [-0.1, -0.05) is 35.1 Å². The Kier molecular flexibility index (Phi) is 5.07. The maximum absolute atomic E-state index is 12.9. The van der Waals surface area contributed by atoms with Gasteiger partial charge in [-0.25, -0.2) is 4.98 Å². The van der Waals surface area contributed by atoms with Gasteiger partial charge < -0.3 is 10.1 Å². The van der Waals surface area contributed by atoms with Crippen LogP contribution in [0.4, 0.5) is 5.82 Å². The van der Waals surface area contributed by atoms with E-state index in [1.165, 1.54) is 11.3 Å². The SMILES string of the molecule is CCOc1cccc2sc(-n3nc(C)cc3NC(=O)c3cc(C)ccc3C)nc12. The summed E-state index contributed by atoms with van der Waals surface area (Å²) in [5.41, 5.74) is 4.22. The molecule has 4 rings (SSSR count). The largest absolute Gasteiger partial charge is 0.492 e. The highest BCUT2D eigenvalue weighted by atomic mass is 32.1. The molecule has 0 fully saturated rings. The number of hydrogen-bond donors (Lipinski definition) is 1. The molecule has 0 radical (unpaired) electrons. The Balaban J connectivity index is 1.72. The molecule has 2 heterocycles. The third-order valence-corrected chi connectivity index (χ3v) is 5.56. The number of carbonyl (C=O) groups is 1. The Labute approximate surface area is 173 Å². The molecule has 0 bridgehead atoms. The summed E-state index contributed by atoms with van der Waals surface area (Å²) in [7, 11) is 0. The van der Waals surface area contributed by atoms with Crippen LogP contribution < -0.4 is 10.1 Å². The molecular formula is C22H22N4O2S. The quantitative estimate of drug-likeness (QED) is 0.503. The van der Waals surface area contributed by atoms with Crippen LogP contribution in [0.5, 0.6) is 5.75 Å². The van der Waals surface area contributed by atoms with E-state index in [9.17, 15) is 4.79 Å². The summed E-state index contributed by atoms with van der Waals surface area (Å²) >= 11 is 1.50. The summed E-state index contributed by atoms with van der Waals surface area (Å²) in [5.74, 6) is 1.17. The molecule has 0 saturated heterocycles. The highest BCUT2D eigenvalue weighted by Crippen LogP contribution is 2.32. The molecule has 4 aromatic rings. The van der Waals surface area contributed by atoms with E-state index in [4.69, 9.17) is 9.72 Å². The van der Waals surface area contributed by atoms with Crippen LogP contribution in [0.2, 0.25) is 0 Å². The van der Waals surface area contributed by atoms with Gasteiger partial charge in [-0.05, 0) is 51.5 Å². The van der Waals surface area contributed by atoms with Crippen LogP contribution in [-0.4, -0.2) is 27.3 Å². The van der Waals surface area contributed by atoms with Gasteiger partial charge in [-0.2, -0.15) is 9.78 Å². The zero-order chi connectivity index (χ0) is 20.5. The van der Waals surface area contributed by atoms with Crippen LogP contribution in [0.25, 0.3) is 15.3 Å². The minimum Gasteiger partial charge on any atom is -0.492 e. The van der Waals surface area contributed by atoms with Gasteiger partial charge in [-0.3, -0.25) is 4.79 Å². The lowest BCUT2D eigenvalue weighted by molar-refractivity contribution is 0.102. The molecule has 6 nitrogen and oxygen atoms in total. The Morgan fingerprint density at radius 2 is 2.00 bits per heavy atom. The number of rotatable bonds is 5. The van der Waals surface area contributed by atoms with E-state index in [1.54, 1.807) is 4.68 Å². The van der Waals surface area contributed by atoms with Crippen molar-refractivity contribution in [3.8, 4) is 10.9 Å². The Bertz CT molecular complexity index is 1210. The van der Waals surface area contributed by atoms with Gasteiger partial charge in [0.2, 0.25) is 5.13 Å². The van der Waals surface area contributed by atoms with Crippen LogP contribution >= 0.6 is 11.3 Å². The fourth-order valence-corrected chi connectivity index (χ4v) is 4.12. The first kappa shape index (κ1) is 19.1. The summed E-state index contributed by atoms with van der Waals surface area (Å²) < 4.78 is 8.38. The van der Waals surface area contributed by atoms with Crippen LogP contribution in [0.1, 0.15) is 34.1 Å². The maximum Gasteiger partial charge on any atom is 0.257 e. The number of anilines is 1. The monoisotopic (exact) mass is 406 g/mol. The third kappa shape index (κ3) is 3.73. The van der Waals surface area contributed by atoms with Gasteiger partial charge in [-0.15, -0.1) is 0 Å². The van der Waals surface area contributed by atoms with Gasteiger partial charge in [0.05, 0.1) is 17.0 Å². The van der Waals surface area contributed by atoms with E-state index in [0.29, 0.717) is 23.1 Å². The molecular weight excluding hydrogens is 384 g/mol. The maximum atomic E-state index is 12.9. The van der Waals surface area contributed by atoms with Crippen molar-refractivity contribution < 1.29 is 9.53 Å². The average molecular weight is 407 g/mol. The van der Waals surface area contributed by atoms with E-state index in [-0.39, 0.29) is 5.91 Å². The van der Waals surface area contributed by atoms with Crippen molar-refractivity contribution in [3.05, 3.63) is 64.8 Å². The molecule has 2 aromatic heterocycles. The summed E-state index contributed by atoms with van der Waals surface area (Å²) in [6, 6.07) is 13.6. The smallest absolute Gasteiger partial charge is 0.257 e. The predicted molar refractivity (Wildman–Crippen MR) is 117 cm³/mol. The molecule has 0 aliphatic rings. The molecule has 0 unspecified atom stereocenters. The third-order valence-electron chi connectivity index (χ3n) is 4.56. The normalized spacial score (nSPS) is 11.0. The zero-order valence-electron chi connectivity index (χ0n) is 16.8. The summed E-state index contributed by atoms with van der Waals surface area (Å²) in [6.07, 6.45) is 0. The van der Waals surface area contributed by atoms with Crippen LogP contribution in [0, 0.1) is 20.8 Å². The van der Waals surface area contributed by atoms with Crippen molar-refractivity contribution in [2.45, 2.75) is 27.7 Å². The standard InChI is InChI=1S/C22H22N4O2S/c1-5-28-17-7-6-8-18-20(17)24-22(29-18)26-19(12-15(4)25-26)23-21(27)16-11-13(2)9-10-14(16)3/h6-12H,5H2,1-4H3,(H,23,27). The first-order valence-corrected chi connectivity index (χ1v) is 10.3. The van der Waals surface area contributed by atoms with Gasteiger partial charge in [0.25, 0.3) is 5.91 Å². The number of nitrogens with one attached hydrogen (secondary N) is 1. The number of ether oxygens (including phenoxy) is 1. The second-order valence-electron chi connectivity index (χ2n) is 6.89. The van der Waals surface area contributed by atoms with Crippen molar-refractivity contribution in [1.82, 2.24) is 14.8 Å². The number of carbonyl (C=O) groups excluding carboxylic acids is 1. The van der Waals surface area contributed by atoms with Crippen LogP contribution in [0.15, 0.2) is 42.5 Å². The molecule has 0 atom stereocenters. The number of amides is 1. The molecule has 1 amide bonds. The molecule has 0 aliphatic heterocycles. The molecule has 0 spiro atoms. The lowest BCUT2D eigenvalue weighted by atomic mass is 10.1. The topological polar surface area (TPSA) is 69.0 Å². The minimum atomic E-state index is -0.163. The molecule has 29 heavy (non-hydrogen) atoms. The van der Waals surface area contributed by atoms with Crippen molar-refractivity contribution in [3.63, 3.8) is 0 Å². The van der Waals surface area contributed by atoms with Gasteiger partial charge in [0.15, 0.2) is 0 Å². The van der Waals surface area contributed by atoms with Crippen LogP contribution in [0.3, 0.4) is 0 Å². The van der Waals surface area contributed by atoms with Crippen molar-refractivity contribution in [1.29, 1.82) is 0 Å². The second kappa shape index (κ2) is 7.67. The van der Waals surface area contributed by atoms with Gasteiger partial charge >= 0.3 is 0 Å². The number of thiazole rings is 1. The summed E-state index contributed by atoms with van der Waals surface area (Å²) in [5, 5.41) is 8.22. The first-order chi connectivity index (χ1) is 14.0. The average Bonchev–Trinajstić information content (AvgIpc) is 3.27. The second-order valence-corrected chi connectivity index (χ2v) is 7.90. The molecule has 148 valence electrons. The van der Waals surface area contributed by atoms with Gasteiger partial charge in [0, 0.05) is 11.6 Å². The molecule has 0 saturated carbocycles. The lowest BCUT2D eigenvalue weighted by Crippen LogP contribution is -2.16. The van der Waals surface area contributed by atoms with E-state index in [2.05, 4.69) is 10.4 Å². The highest BCUT2D eigenvalue weighted by Gasteiger charge is 2.17. The zero-order valence-corrected chi connectivity index (χ0v) is 17.6. The fraction of sp³-hybridized carbons (Fsp3) is 0.227. The number of para-hydroxylation sites is 1. The van der Waals surface area contributed by atoms with Crippen LogP contribution in [-0.2, 0) is 0 Å². The number of aryl methyl sites for hydroxylation is 3. The lowest BCUT2D eigenvalue weighted by Gasteiger charge is -2.09. The molecule has 2 aromatic carbocycles. The van der Waals surface area contributed by atoms with E-state index in [1.807, 2.05) is 70.2 Å². The number of fused-ring (bicyclic) bond motifs is 1. The highest BCUT2D eigenvalue weighted by molar-refractivity contribution is 7.20. The Morgan fingerprint density at radius 3 is 2.79 bits per heavy atom. The number of nitrogens with zero attached hydrogens (tertiary/aromatic N) is 3. The van der Waals surface area contributed by atoms with Crippen molar-refractivity contribution in [2.24, 2.45) is 0 Å². The number of hydrogen-bond acceptors (Lipinski definition) is 5. The summed E-state index contributed by atoms with van der Waals surface area (Å²) in [4.78, 5) is 17.6. The molecule has 1 N–H and O–H groups in total. The van der Waals surface area contributed by atoms with E-state index >= 15 is 0 Å². The Hall–Kier alpha value is -3.19. The summed E-state index contributed by atoms with van der Waals surface area (Å²) in [6.45, 7) is 8.32. The molecule has 7 heteroatoms. The van der Waals surface area contributed by atoms with E-state index in [0.717, 1.165) is 32.8 Å². The minimum absolute atomic E-state index is 0.163. The predicted octanol–water partition coefficient (Wildman–Crippen LogP) is 5.06. The Morgan fingerprint density at radius 1 is 1.17 bits per heavy atom.